The molecule has 0 unspecified atom stereocenters. The Morgan fingerprint density at radius 2 is 1.93 bits per heavy atom. The van der Waals surface area contributed by atoms with E-state index in [1.165, 1.54) is 0 Å². The SMILES string of the molecule is CN(C)[C@@H]1CCC[C@H]1NC(=O)c1c(N2CCOCC2)noc1-c1ccccc1. The van der Waals surface area contributed by atoms with Crippen molar-refractivity contribution in [1.82, 2.24) is 15.4 Å². The van der Waals surface area contributed by atoms with Gasteiger partial charge in [0.15, 0.2) is 11.6 Å². The summed E-state index contributed by atoms with van der Waals surface area (Å²) in [5.41, 5.74) is 1.38. The molecule has 2 atom stereocenters. The number of ether oxygens (including phenoxy) is 1. The Kier molecular flexibility index (Phi) is 5.64. The van der Waals surface area contributed by atoms with Crippen LogP contribution in [0.15, 0.2) is 34.9 Å². The minimum absolute atomic E-state index is 0.111. The molecular formula is C21H28N4O3. The molecule has 1 aromatic carbocycles. The van der Waals surface area contributed by atoms with E-state index >= 15 is 0 Å². The van der Waals surface area contributed by atoms with Crippen LogP contribution in [0.4, 0.5) is 5.82 Å². The second-order valence-electron chi connectivity index (χ2n) is 7.72. The number of carbonyl (C=O) groups is 1. The van der Waals surface area contributed by atoms with Crippen molar-refractivity contribution >= 4 is 11.7 Å². The van der Waals surface area contributed by atoms with Gasteiger partial charge in [-0.3, -0.25) is 4.79 Å². The molecule has 1 aliphatic carbocycles. The average molecular weight is 384 g/mol. The Bertz CT molecular complexity index is 799. The molecule has 2 aromatic rings. The lowest BCUT2D eigenvalue weighted by Gasteiger charge is -2.28. The lowest BCUT2D eigenvalue weighted by atomic mass is 10.1. The largest absolute Gasteiger partial charge is 0.378 e. The van der Waals surface area contributed by atoms with Crippen LogP contribution in [0.3, 0.4) is 0 Å². The van der Waals surface area contributed by atoms with Crippen molar-refractivity contribution in [3.05, 3.63) is 35.9 Å². The second kappa shape index (κ2) is 8.32. The van der Waals surface area contributed by atoms with Gasteiger partial charge in [0.1, 0.15) is 5.56 Å². The third-order valence-electron chi connectivity index (χ3n) is 5.71. The lowest BCUT2D eigenvalue weighted by molar-refractivity contribution is 0.0918. The predicted octanol–water partition coefficient (Wildman–Crippen LogP) is 2.39. The first kappa shape index (κ1) is 19.0. The van der Waals surface area contributed by atoms with Crippen LogP contribution >= 0.6 is 0 Å². The van der Waals surface area contributed by atoms with E-state index in [4.69, 9.17) is 9.26 Å². The fraction of sp³-hybridized carbons (Fsp3) is 0.524. The van der Waals surface area contributed by atoms with Crippen molar-refractivity contribution in [1.29, 1.82) is 0 Å². The van der Waals surface area contributed by atoms with Gasteiger partial charge in [-0.1, -0.05) is 35.5 Å². The van der Waals surface area contributed by atoms with Crippen LogP contribution in [-0.4, -0.2) is 68.4 Å². The Labute approximate surface area is 165 Å². The predicted molar refractivity (Wildman–Crippen MR) is 108 cm³/mol. The molecule has 150 valence electrons. The van der Waals surface area contributed by atoms with E-state index in [2.05, 4.69) is 34.4 Å². The van der Waals surface area contributed by atoms with E-state index in [0.717, 1.165) is 24.8 Å². The molecule has 1 N–H and O–H groups in total. The van der Waals surface area contributed by atoms with Gasteiger partial charge in [-0.25, -0.2) is 0 Å². The van der Waals surface area contributed by atoms with Gasteiger partial charge in [0.05, 0.1) is 13.2 Å². The molecule has 1 aromatic heterocycles. The smallest absolute Gasteiger partial charge is 0.259 e. The molecule has 2 fully saturated rings. The molecule has 0 bridgehead atoms. The Morgan fingerprint density at radius 3 is 2.64 bits per heavy atom. The molecule has 2 heterocycles. The summed E-state index contributed by atoms with van der Waals surface area (Å²) in [6.45, 7) is 2.65. The fourth-order valence-corrected chi connectivity index (χ4v) is 4.23. The van der Waals surface area contributed by atoms with E-state index in [0.29, 0.717) is 49.5 Å². The maximum atomic E-state index is 13.4. The number of amides is 1. The first-order chi connectivity index (χ1) is 13.6. The first-order valence-corrected chi connectivity index (χ1v) is 10.00. The minimum Gasteiger partial charge on any atom is -0.378 e. The number of anilines is 1. The molecule has 28 heavy (non-hydrogen) atoms. The number of benzene rings is 1. The third kappa shape index (κ3) is 3.77. The molecule has 1 amide bonds. The summed E-state index contributed by atoms with van der Waals surface area (Å²) >= 11 is 0. The number of nitrogens with one attached hydrogen (secondary N) is 1. The van der Waals surface area contributed by atoms with E-state index < -0.39 is 0 Å². The number of hydrogen-bond donors (Lipinski definition) is 1. The van der Waals surface area contributed by atoms with Crippen LogP contribution < -0.4 is 10.2 Å². The summed E-state index contributed by atoms with van der Waals surface area (Å²) < 4.78 is 11.1. The van der Waals surface area contributed by atoms with E-state index in [9.17, 15) is 4.79 Å². The number of morpholine rings is 1. The fourth-order valence-electron chi connectivity index (χ4n) is 4.23. The lowest BCUT2D eigenvalue weighted by Crippen LogP contribution is -2.46. The third-order valence-corrected chi connectivity index (χ3v) is 5.71. The van der Waals surface area contributed by atoms with Gasteiger partial charge < -0.3 is 24.4 Å². The van der Waals surface area contributed by atoms with Crippen LogP contribution in [0.1, 0.15) is 29.6 Å². The molecule has 4 rings (SSSR count). The van der Waals surface area contributed by atoms with Gasteiger partial charge in [-0.2, -0.15) is 0 Å². The summed E-state index contributed by atoms with van der Waals surface area (Å²) in [4.78, 5) is 17.7. The topological polar surface area (TPSA) is 70.8 Å². The summed E-state index contributed by atoms with van der Waals surface area (Å²) in [6.07, 6.45) is 3.22. The second-order valence-corrected chi connectivity index (χ2v) is 7.72. The highest BCUT2D eigenvalue weighted by Crippen LogP contribution is 2.32. The quantitative estimate of drug-likeness (QED) is 0.854. The van der Waals surface area contributed by atoms with Crippen LogP contribution in [-0.2, 0) is 4.74 Å². The monoisotopic (exact) mass is 384 g/mol. The maximum absolute atomic E-state index is 13.4. The van der Waals surface area contributed by atoms with Gasteiger partial charge in [-0.15, -0.1) is 0 Å². The van der Waals surface area contributed by atoms with E-state index in [1.54, 1.807) is 0 Å². The molecular weight excluding hydrogens is 356 g/mol. The molecule has 1 aliphatic heterocycles. The normalized spacial score (nSPS) is 22.6. The molecule has 0 radical (unpaired) electrons. The van der Waals surface area contributed by atoms with Crippen LogP contribution in [0, 0.1) is 0 Å². The zero-order valence-electron chi connectivity index (χ0n) is 16.6. The van der Waals surface area contributed by atoms with Gasteiger partial charge in [0.2, 0.25) is 0 Å². The molecule has 1 saturated heterocycles. The number of likely N-dealkylation sites (N-methyl/N-ethyl adjacent to an activating group) is 1. The Morgan fingerprint density at radius 1 is 1.18 bits per heavy atom. The molecule has 2 aliphatic rings. The Hall–Kier alpha value is -2.38. The number of aromatic nitrogens is 1. The summed E-state index contributed by atoms with van der Waals surface area (Å²) in [6, 6.07) is 10.2. The Balaban J connectivity index is 1.66. The highest BCUT2D eigenvalue weighted by atomic mass is 16.5. The van der Waals surface area contributed by atoms with E-state index in [1.807, 2.05) is 30.3 Å². The molecule has 1 saturated carbocycles. The summed E-state index contributed by atoms with van der Waals surface area (Å²) in [5.74, 6) is 1.03. The molecule has 7 heteroatoms. The van der Waals surface area contributed by atoms with Crippen LogP contribution in [0.2, 0.25) is 0 Å². The zero-order chi connectivity index (χ0) is 19.5. The van der Waals surface area contributed by atoms with Crippen LogP contribution in [0.25, 0.3) is 11.3 Å². The van der Waals surface area contributed by atoms with Crippen molar-refractivity contribution in [2.24, 2.45) is 0 Å². The number of hydrogen-bond acceptors (Lipinski definition) is 6. The zero-order valence-corrected chi connectivity index (χ0v) is 16.6. The number of nitrogens with zero attached hydrogens (tertiary/aromatic N) is 3. The first-order valence-electron chi connectivity index (χ1n) is 10.00. The average Bonchev–Trinajstić information content (AvgIpc) is 3.36. The van der Waals surface area contributed by atoms with Gasteiger partial charge in [-0.05, 0) is 33.4 Å². The van der Waals surface area contributed by atoms with Gasteiger partial charge >= 0.3 is 0 Å². The summed E-state index contributed by atoms with van der Waals surface area (Å²) in [7, 11) is 4.15. The van der Waals surface area contributed by atoms with Crippen molar-refractivity contribution in [2.45, 2.75) is 31.3 Å². The van der Waals surface area contributed by atoms with Crippen molar-refractivity contribution in [2.75, 3.05) is 45.3 Å². The van der Waals surface area contributed by atoms with Crippen molar-refractivity contribution < 1.29 is 14.1 Å². The standard InChI is InChI=1S/C21H28N4O3/c1-24(2)17-10-6-9-16(17)22-21(26)18-19(15-7-4-3-5-8-15)28-23-20(18)25-11-13-27-14-12-25/h3-5,7-8,16-17H,6,9-14H2,1-2H3,(H,22,26)/t16-,17-/m1/s1. The highest BCUT2D eigenvalue weighted by molar-refractivity contribution is 6.04. The van der Waals surface area contributed by atoms with Gasteiger partial charge in [0.25, 0.3) is 5.91 Å². The highest BCUT2D eigenvalue weighted by Gasteiger charge is 2.34. The van der Waals surface area contributed by atoms with Crippen LogP contribution in [0.5, 0.6) is 0 Å². The molecule has 0 spiro atoms. The minimum atomic E-state index is -0.111. The van der Waals surface area contributed by atoms with Crippen molar-refractivity contribution in [3.8, 4) is 11.3 Å². The van der Waals surface area contributed by atoms with Crippen molar-refractivity contribution in [3.63, 3.8) is 0 Å². The maximum Gasteiger partial charge on any atom is 0.259 e. The molecule has 7 nitrogen and oxygen atoms in total. The number of rotatable bonds is 5. The summed E-state index contributed by atoms with van der Waals surface area (Å²) in [5, 5.41) is 7.55. The van der Waals surface area contributed by atoms with Gasteiger partial charge in [0, 0.05) is 30.7 Å². The number of carbonyl (C=O) groups excluding carboxylic acids is 1. The van der Waals surface area contributed by atoms with E-state index in [-0.39, 0.29) is 11.9 Å².